The Morgan fingerprint density at radius 1 is 0.459 bits per heavy atom. The number of fused-ring (bicyclic) bond motifs is 8. The van der Waals surface area contributed by atoms with Gasteiger partial charge in [-0.2, -0.15) is 0 Å². The van der Waals surface area contributed by atoms with E-state index in [1.165, 1.54) is 49.5 Å². The highest BCUT2D eigenvalue weighted by molar-refractivity contribution is 6.11. The Balaban J connectivity index is 1.05. The first-order valence-electron chi connectivity index (χ1n) is 21.1. The van der Waals surface area contributed by atoms with Crippen molar-refractivity contribution in [1.82, 2.24) is 4.57 Å². The van der Waals surface area contributed by atoms with Crippen LogP contribution in [0.25, 0.3) is 72.4 Å². The van der Waals surface area contributed by atoms with Crippen molar-refractivity contribution in [2.45, 2.75) is 5.92 Å². The summed E-state index contributed by atoms with van der Waals surface area (Å²) in [6.07, 6.45) is 11.6. The third-order valence-corrected chi connectivity index (χ3v) is 12.5. The summed E-state index contributed by atoms with van der Waals surface area (Å²) in [5, 5.41) is 3.63. The van der Waals surface area contributed by atoms with Crippen LogP contribution in [0.5, 0.6) is 0 Å². The first kappa shape index (κ1) is 35.1. The fraction of sp³-hybridized carbons (Fsp3) is 0.0345. The molecule has 0 amide bonds. The highest BCUT2D eigenvalue weighted by Gasteiger charge is 2.31. The second-order valence-electron chi connectivity index (χ2n) is 16.0. The third kappa shape index (κ3) is 5.89. The van der Waals surface area contributed by atoms with Gasteiger partial charge in [0.2, 0.25) is 0 Å². The molecular weight excluding hydrogens is 741 g/mol. The van der Waals surface area contributed by atoms with Crippen molar-refractivity contribution in [3.05, 3.63) is 241 Å². The van der Waals surface area contributed by atoms with Gasteiger partial charge in [0.05, 0.1) is 22.4 Å². The minimum atomic E-state index is 0.229. The number of benzene rings is 8. The van der Waals surface area contributed by atoms with Crippen LogP contribution in [0.2, 0.25) is 0 Å². The third-order valence-electron chi connectivity index (χ3n) is 12.5. The molecule has 2 aliphatic carbocycles. The molecule has 0 aliphatic heterocycles. The monoisotopic (exact) mass is 780 g/mol. The molecule has 288 valence electrons. The summed E-state index contributed by atoms with van der Waals surface area (Å²) in [5.41, 5.74) is 16.1. The van der Waals surface area contributed by atoms with Crippen molar-refractivity contribution in [3.63, 3.8) is 0 Å². The zero-order valence-electron chi connectivity index (χ0n) is 33.4. The van der Waals surface area contributed by atoms with Gasteiger partial charge in [-0.25, -0.2) is 0 Å². The number of nitrogens with zero attached hydrogens (tertiary/aromatic N) is 2. The average molecular weight is 781 g/mol. The molecule has 0 N–H and O–H groups in total. The maximum Gasteiger partial charge on any atom is 0.135 e. The second kappa shape index (κ2) is 14.4. The minimum absolute atomic E-state index is 0.229. The first-order valence-corrected chi connectivity index (χ1v) is 21.1. The molecule has 0 radical (unpaired) electrons. The summed E-state index contributed by atoms with van der Waals surface area (Å²) < 4.78 is 8.66. The Morgan fingerprint density at radius 2 is 1.11 bits per heavy atom. The van der Waals surface area contributed by atoms with Crippen molar-refractivity contribution in [2.24, 2.45) is 5.92 Å². The highest BCUT2D eigenvalue weighted by atomic mass is 16.3. The summed E-state index contributed by atoms with van der Waals surface area (Å²) in [6.45, 7) is 0. The topological polar surface area (TPSA) is 21.3 Å². The van der Waals surface area contributed by atoms with E-state index in [4.69, 9.17) is 4.42 Å². The number of rotatable bonds is 7. The number of allylic oxidation sites excluding steroid dienone is 5. The van der Waals surface area contributed by atoms with Crippen LogP contribution in [-0.4, -0.2) is 4.57 Å². The molecule has 3 heteroatoms. The number of hydrogen-bond donors (Lipinski definition) is 0. The molecule has 8 aromatic carbocycles. The molecule has 3 nitrogen and oxygen atoms in total. The van der Waals surface area contributed by atoms with Gasteiger partial charge in [-0.3, -0.25) is 0 Å². The number of hydrogen-bond acceptors (Lipinski definition) is 2. The summed E-state index contributed by atoms with van der Waals surface area (Å²) in [7, 11) is 0. The van der Waals surface area contributed by atoms with E-state index >= 15 is 0 Å². The SMILES string of the molecule is C1=CC2c3c(oc4ccccc34)C=CC2C=C1c1ccc(N(c2ccc3c(c2)c2ccccc2n3-c2ccccc2)c2ccccc2-c2ccccc2)c(-c2ccccc2)c1. The van der Waals surface area contributed by atoms with E-state index in [1.807, 2.05) is 6.07 Å². The molecule has 2 unspecified atom stereocenters. The van der Waals surface area contributed by atoms with E-state index in [0.29, 0.717) is 0 Å². The number of furan rings is 1. The predicted octanol–water partition coefficient (Wildman–Crippen LogP) is 15.7. The van der Waals surface area contributed by atoms with Crippen LogP contribution in [0.4, 0.5) is 17.1 Å². The molecule has 2 aliphatic rings. The summed E-state index contributed by atoms with van der Waals surface area (Å²) in [4.78, 5) is 2.47. The Bertz CT molecular complexity index is 3370. The van der Waals surface area contributed by atoms with Crippen LogP contribution in [-0.2, 0) is 0 Å². The van der Waals surface area contributed by atoms with E-state index in [-0.39, 0.29) is 11.8 Å². The molecule has 0 bridgehead atoms. The molecule has 61 heavy (non-hydrogen) atoms. The fourth-order valence-electron chi connectivity index (χ4n) is 9.76. The Morgan fingerprint density at radius 3 is 1.93 bits per heavy atom. The van der Waals surface area contributed by atoms with Crippen LogP contribution >= 0.6 is 0 Å². The fourth-order valence-corrected chi connectivity index (χ4v) is 9.76. The maximum absolute atomic E-state index is 6.28. The van der Waals surface area contributed by atoms with Crippen molar-refractivity contribution in [2.75, 3.05) is 4.90 Å². The van der Waals surface area contributed by atoms with Crippen molar-refractivity contribution in [3.8, 4) is 27.9 Å². The second-order valence-corrected chi connectivity index (χ2v) is 16.0. The molecule has 0 saturated carbocycles. The van der Waals surface area contributed by atoms with E-state index in [0.717, 1.165) is 50.8 Å². The van der Waals surface area contributed by atoms with Crippen molar-refractivity contribution in [1.29, 1.82) is 0 Å². The lowest BCUT2D eigenvalue weighted by atomic mass is 9.76. The molecule has 12 rings (SSSR count). The van der Waals surface area contributed by atoms with Crippen molar-refractivity contribution < 1.29 is 4.42 Å². The summed E-state index contributed by atoms with van der Waals surface area (Å²) in [5.74, 6) is 1.43. The van der Waals surface area contributed by atoms with Gasteiger partial charge in [-0.15, -0.1) is 0 Å². The van der Waals surface area contributed by atoms with Crippen molar-refractivity contribution >= 4 is 61.5 Å². The van der Waals surface area contributed by atoms with Gasteiger partial charge in [0.15, 0.2) is 0 Å². The Hall–Kier alpha value is -7.88. The van der Waals surface area contributed by atoms with Gasteiger partial charge in [-0.05, 0) is 89.0 Å². The molecule has 2 atom stereocenters. The van der Waals surface area contributed by atoms with Gasteiger partial charge in [0.25, 0.3) is 0 Å². The van der Waals surface area contributed by atoms with Crippen LogP contribution in [0, 0.1) is 5.92 Å². The Kier molecular flexibility index (Phi) is 8.31. The summed E-state index contributed by atoms with van der Waals surface area (Å²) >= 11 is 0. The maximum atomic E-state index is 6.28. The highest BCUT2D eigenvalue weighted by Crippen LogP contribution is 2.49. The molecule has 0 saturated heterocycles. The van der Waals surface area contributed by atoms with Gasteiger partial charge < -0.3 is 13.9 Å². The molecule has 2 aromatic heterocycles. The van der Waals surface area contributed by atoms with Crippen LogP contribution in [0.3, 0.4) is 0 Å². The molecule has 10 aromatic rings. The van der Waals surface area contributed by atoms with E-state index < -0.39 is 0 Å². The lowest BCUT2D eigenvalue weighted by Crippen LogP contribution is -2.14. The average Bonchev–Trinajstić information content (AvgIpc) is 3.88. The number of para-hydroxylation sites is 4. The first-order chi connectivity index (χ1) is 30.3. The normalized spacial score (nSPS) is 15.5. The van der Waals surface area contributed by atoms with Crippen LogP contribution in [0.15, 0.2) is 229 Å². The lowest BCUT2D eigenvalue weighted by molar-refractivity contribution is 0.578. The smallest absolute Gasteiger partial charge is 0.135 e. The molecular formula is C58H40N2O. The predicted molar refractivity (Wildman–Crippen MR) is 255 cm³/mol. The van der Waals surface area contributed by atoms with Gasteiger partial charge in [-0.1, -0.05) is 164 Å². The molecule has 0 fully saturated rings. The number of anilines is 3. The van der Waals surface area contributed by atoms with E-state index in [2.05, 4.69) is 234 Å². The van der Waals surface area contributed by atoms with E-state index in [9.17, 15) is 0 Å². The zero-order chi connectivity index (χ0) is 40.3. The number of aromatic nitrogens is 1. The van der Waals surface area contributed by atoms with E-state index in [1.54, 1.807) is 0 Å². The lowest BCUT2D eigenvalue weighted by Gasteiger charge is -2.31. The Labute approximate surface area is 355 Å². The standard InChI is InChI=1S/C58H40N2O/c1-4-16-39(17-5-1)46-22-10-13-25-52(46)60(45-31-34-55-51(38-45)48-23-11-14-26-53(48)59(55)44-20-8-3-9-21-44)54-33-29-42(37-50(54)40-18-6-2-7-19-40)41-28-32-47-43(36-41)30-35-57-58(47)49-24-12-15-27-56(49)61-57/h1-38,43,47H. The van der Waals surface area contributed by atoms with Crippen LogP contribution < -0.4 is 4.90 Å². The molecule has 0 spiro atoms. The van der Waals surface area contributed by atoms with Gasteiger partial charge in [0.1, 0.15) is 11.3 Å². The quantitative estimate of drug-likeness (QED) is 0.161. The minimum Gasteiger partial charge on any atom is -0.456 e. The zero-order valence-corrected chi connectivity index (χ0v) is 33.4. The van der Waals surface area contributed by atoms with Crippen LogP contribution in [0.1, 0.15) is 22.8 Å². The largest absolute Gasteiger partial charge is 0.456 e. The van der Waals surface area contributed by atoms with Gasteiger partial charge >= 0.3 is 0 Å². The molecule has 2 heterocycles. The summed E-state index contributed by atoms with van der Waals surface area (Å²) in [6, 6.07) is 72.3. The van der Waals surface area contributed by atoms with Gasteiger partial charge in [0, 0.05) is 56.1 Å².